The number of piperidine rings is 1. The van der Waals surface area contributed by atoms with Gasteiger partial charge in [0.25, 0.3) is 0 Å². The summed E-state index contributed by atoms with van der Waals surface area (Å²) in [6.45, 7) is 10.5. The lowest BCUT2D eigenvalue weighted by atomic mass is 10.00. The van der Waals surface area contributed by atoms with Crippen molar-refractivity contribution in [2.24, 2.45) is 5.92 Å². The molecule has 1 atom stereocenters. The van der Waals surface area contributed by atoms with E-state index in [1.807, 2.05) is 32.0 Å². The highest BCUT2D eigenvalue weighted by Crippen LogP contribution is 2.29. The van der Waals surface area contributed by atoms with Crippen LogP contribution < -0.4 is 4.90 Å². The zero-order valence-electron chi connectivity index (χ0n) is 20.9. The molecule has 9 heteroatoms. The van der Waals surface area contributed by atoms with Crippen molar-refractivity contribution < 1.29 is 13.9 Å². The lowest BCUT2D eigenvalue weighted by molar-refractivity contribution is 0.0951. The lowest BCUT2D eigenvalue weighted by Crippen LogP contribution is -2.35. The fourth-order valence-corrected chi connectivity index (χ4v) is 5.90. The molecule has 2 aliphatic rings. The van der Waals surface area contributed by atoms with E-state index in [2.05, 4.69) is 31.2 Å². The summed E-state index contributed by atoms with van der Waals surface area (Å²) in [5.41, 5.74) is 2.78. The second kappa shape index (κ2) is 10.6. The van der Waals surface area contributed by atoms with Crippen LogP contribution in [0.25, 0.3) is 0 Å². The number of ketones is 1. The molecule has 3 aromatic heterocycles. The molecule has 35 heavy (non-hydrogen) atoms. The number of aryl methyl sites for hydroxylation is 1. The number of ether oxygens (including phenoxy) is 1. The molecule has 2 saturated heterocycles. The van der Waals surface area contributed by atoms with Crippen molar-refractivity contribution in [1.29, 1.82) is 0 Å². The number of anilines is 1. The first-order valence-corrected chi connectivity index (χ1v) is 13.6. The standard InChI is InChI=1S/C26H35N5O3S/c1-18-8-10-29(11-9-18)25-27-28-26(31(25)16-22-7-5-13-34-22)35-17-24(32)23-14-19(2)30(20(23)3)15-21-6-4-12-33-21/h4,6,12,14,18,22H,5,7-11,13,15-17H2,1-3H3. The van der Waals surface area contributed by atoms with E-state index in [1.165, 1.54) is 24.6 Å². The van der Waals surface area contributed by atoms with Crippen LogP contribution in [0.1, 0.15) is 60.1 Å². The maximum atomic E-state index is 13.3. The second-order valence-corrected chi connectivity index (χ2v) is 10.8. The van der Waals surface area contributed by atoms with Gasteiger partial charge in [-0.2, -0.15) is 0 Å². The van der Waals surface area contributed by atoms with Gasteiger partial charge < -0.3 is 18.6 Å². The van der Waals surface area contributed by atoms with E-state index in [-0.39, 0.29) is 11.9 Å². The van der Waals surface area contributed by atoms with E-state index in [0.29, 0.717) is 12.3 Å². The molecule has 2 aliphatic heterocycles. The van der Waals surface area contributed by atoms with Crippen LogP contribution in [-0.4, -0.2) is 56.7 Å². The number of carbonyl (C=O) groups is 1. The highest BCUT2D eigenvalue weighted by molar-refractivity contribution is 7.99. The van der Waals surface area contributed by atoms with E-state index in [0.717, 1.165) is 78.8 Å². The molecular weight excluding hydrogens is 462 g/mol. The van der Waals surface area contributed by atoms with Crippen LogP contribution in [0.2, 0.25) is 0 Å². The summed E-state index contributed by atoms with van der Waals surface area (Å²) in [5.74, 6) is 2.97. The quantitative estimate of drug-likeness (QED) is 0.312. The number of carbonyl (C=O) groups excluding carboxylic acids is 1. The van der Waals surface area contributed by atoms with E-state index in [4.69, 9.17) is 9.15 Å². The lowest BCUT2D eigenvalue weighted by Gasteiger charge is -2.31. The summed E-state index contributed by atoms with van der Waals surface area (Å²) in [4.78, 5) is 15.6. The minimum absolute atomic E-state index is 0.105. The highest BCUT2D eigenvalue weighted by Gasteiger charge is 2.26. The van der Waals surface area contributed by atoms with Crippen LogP contribution in [-0.2, 0) is 17.8 Å². The molecule has 0 saturated carbocycles. The predicted octanol–water partition coefficient (Wildman–Crippen LogP) is 4.73. The van der Waals surface area contributed by atoms with Gasteiger partial charge in [0.2, 0.25) is 5.95 Å². The van der Waals surface area contributed by atoms with E-state index < -0.39 is 0 Å². The molecule has 3 aromatic rings. The van der Waals surface area contributed by atoms with Crippen molar-refractivity contribution >= 4 is 23.5 Å². The number of rotatable bonds is 9. The summed E-state index contributed by atoms with van der Waals surface area (Å²) in [5, 5.41) is 9.89. The monoisotopic (exact) mass is 497 g/mol. The number of furan rings is 1. The largest absolute Gasteiger partial charge is 0.467 e. The third-order valence-corrected chi connectivity index (χ3v) is 8.24. The molecule has 0 radical (unpaired) electrons. The summed E-state index contributed by atoms with van der Waals surface area (Å²) < 4.78 is 15.8. The Morgan fingerprint density at radius 2 is 2.00 bits per heavy atom. The summed E-state index contributed by atoms with van der Waals surface area (Å²) in [6, 6.07) is 5.83. The Morgan fingerprint density at radius 1 is 1.17 bits per heavy atom. The Morgan fingerprint density at radius 3 is 2.71 bits per heavy atom. The number of Topliss-reactive ketones (excluding diaryl/α,β-unsaturated/α-hetero) is 1. The van der Waals surface area contributed by atoms with Crippen molar-refractivity contribution in [3.8, 4) is 0 Å². The SMILES string of the molecule is Cc1cc(C(=O)CSc2nnc(N3CCC(C)CC3)n2CC2CCCO2)c(C)n1Cc1ccco1. The van der Waals surface area contributed by atoms with Crippen LogP contribution in [0.4, 0.5) is 5.95 Å². The number of hydrogen-bond donors (Lipinski definition) is 0. The van der Waals surface area contributed by atoms with Crippen molar-refractivity contribution in [3.05, 3.63) is 47.2 Å². The van der Waals surface area contributed by atoms with Gasteiger partial charge in [0.15, 0.2) is 10.9 Å². The van der Waals surface area contributed by atoms with Crippen LogP contribution in [0.5, 0.6) is 0 Å². The number of aromatic nitrogens is 4. The number of thioether (sulfide) groups is 1. The summed E-state index contributed by atoms with van der Waals surface area (Å²) >= 11 is 1.48. The molecule has 0 aromatic carbocycles. The van der Waals surface area contributed by atoms with Crippen molar-refractivity contribution in [1.82, 2.24) is 19.3 Å². The Hall–Kier alpha value is -2.52. The molecular formula is C26H35N5O3S. The zero-order chi connectivity index (χ0) is 24.4. The average Bonchev–Trinajstić information content (AvgIpc) is 3.65. The highest BCUT2D eigenvalue weighted by atomic mass is 32.2. The molecule has 0 amide bonds. The minimum atomic E-state index is 0.105. The van der Waals surface area contributed by atoms with Crippen molar-refractivity contribution in [2.75, 3.05) is 30.3 Å². The smallest absolute Gasteiger partial charge is 0.228 e. The molecule has 0 N–H and O–H groups in total. The normalized spacial score (nSPS) is 19.1. The first kappa shape index (κ1) is 24.2. The molecule has 0 aliphatic carbocycles. The fraction of sp³-hybridized carbons (Fsp3) is 0.577. The molecule has 188 valence electrons. The summed E-state index contributed by atoms with van der Waals surface area (Å²) in [7, 11) is 0. The van der Waals surface area contributed by atoms with Gasteiger partial charge in [0.05, 0.1) is 31.2 Å². The predicted molar refractivity (Wildman–Crippen MR) is 136 cm³/mol. The maximum absolute atomic E-state index is 13.3. The van der Waals surface area contributed by atoms with Gasteiger partial charge in [-0.1, -0.05) is 18.7 Å². The van der Waals surface area contributed by atoms with Crippen LogP contribution >= 0.6 is 11.8 Å². The third-order valence-electron chi connectivity index (χ3n) is 7.27. The fourth-order valence-electron chi connectivity index (χ4n) is 5.07. The first-order chi connectivity index (χ1) is 17.0. The van der Waals surface area contributed by atoms with E-state index in [9.17, 15) is 4.79 Å². The second-order valence-electron chi connectivity index (χ2n) is 9.86. The van der Waals surface area contributed by atoms with Crippen LogP contribution in [0.15, 0.2) is 34.0 Å². The molecule has 8 nitrogen and oxygen atoms in total. The van der Waals surface area contributed by atoms with Gasteiger partial charge in [0, 0.05) is 36.6 Å². The molecule has 5 heterocycles. The Kier molecular flexibility index (Phi) is 7.34. The Bertz CT molecular complexity index is 1140. The van der Waals surface area contributed by atoms with E-state index in [1.54, 1.807) is 6.26 Å². The van der Waals surface area contributed by atoms with Crippen molar-refractivity contribution in [2.45, 2.75) is 70.8 Å². The van der Waals surface area contributed by atoms with Crippen LogP contribution in [0, 0.1) is 19.8 Å². The van der Waals surface area contributed by atoms with Gasteiger partial charge in [-0.25, -0.2) is 0 Å². The molecule has 2 fully saturated rings. The minimum Gasteiger partial charge on any atom is -0.467 e. The molecule has 0 bridgehead atoms. The first-order valence-electron chi connectivity index (χ1n) is 12.6. The van der Waals surface area contributed by atoms with Gasteiger partial charge >= 0.3 is 0 Å². The number of hydrogen-bond acceptors (Lipinski definition) is 7. The van der Waals surface area contributed by atoms with Gasteiger partial charge in [-0.15, -0.1) is 10.2 Å². The molecule has 5 rings (SSSR count). The number of nitrogens with zero attached hydrogens (tertiary/aromatic N) is 5. The zero-order valence-corrected chi connectivity index (χ0v) is 21.7. The third kappa shape index (κ3) is 5.35. The molecule has 1 unspecified atom stereocenters. The molecule has 0 spiro atoms. The van der Waals surface area contributed by atoms with E-state index >= 15 is 0 Å². The van der Waals surface area contributed by atoms with Crippen LogP contribution in [0.3, 0.4) is 0 Å². The van der Waals surface area contributed by atoms with Gasteiger partial charge in [-0.05, 0) is 63.6 Å². The topological polar surface area (TPSA) is 78.3 Å². The van der Waals surface area contributed by atoms with Gasteiger partial charge in [-0.3, -0.25) is 9.36 Å². The Labute approximate surface area is 211 Å². The van der Waals surface area contributed by atoms with Crippen molar-refractivity contribution in [3.63, 3.8) is 0 Å². The summed E-state index contributed by atoms with van der Waals surface area (Å²) in [6.07, 6.45) is 6.35. The Balaban J connectivity index is 1.31. The average molecular weight is 498 g/mol. The van der Waals surface area contributed by atoms with Gasteiger partial charge in [0.1, 0.15) is 5.76 Å². The maximum Gasteiger partial charge on any atom is 0.228 e.